The topological polar surface area (TPSA) is 17.1 Å². The largest absolute Gasteiger partial charge is 0.389 e. The fourth-order valence-electron chi connectivity index (χ4n) is 2.27. The van der Waals surface area contributed by atoms with Crippen LogP contribution in [0.3, 0.4) is 0 Å². The summed E-state index contributed by atoms with van der Waals surface area (Å²) >= 11 is 0. The van der Waals surface area contributed by atoms with Gasteiger partial charge < -0.3 is 0 Å². The second-order valence-electron chi connectivity index (χ2n) is 4.62. The van der Waals surface area contributed by atoms with E-state index in [2.05, 4.69) is 0 Å². The van der Waals surface area contributed by atoms with Crippen LogP contribution in [0.1, 0.15) is 57.8 Å². The van der Waals surface area contributed by atoms with E-state index in [4.69, 9.17) is 0 Å². The smallest absolute Gasteiger partial charge is 0.299 e. The maximum absolute atomic E-state index is 11.9. The third-order valence-corrected chi connectivity index (χ3v) is 3.19. The Morgan fingerprint density at radius 2 is 1.62 bits per heavy atom. The zero-order valence-corrected chi connectivity index (χ0v) is 9.48. The number of carbonyl (C=O) groups excluding carboxylic acids is 1. The molecule has 1 aliphatic rings. The van der Waals surface area contributed by atoms with E-state index in [0.717, 1.165) is 38.5 Å². The van der Waals surface area contributed by atoms with Crippen LogP contribution in [-0.4, -0.2) is 12.0 Å². The number of hydrogen-bond donors (Lipinski definition) is 0. The molecule has 1 aliphatic carbocycles. The molecule has 0 heterocycles. The molecule has 0 N–H and O–H groups in total. The van der Waals surface area contributed by atoms with Crippen molar-refractivity contribution in [1.29, 1.82) is 0 Å². The molecule has 0 bridgehead atoms. The molecule has 0 amide bonds. The van der Waals surface area contributed by atoms with Gasteiger partial charge in [0.15, 0.2) is 0 Å². The number of hydrogen-bond acceptors (Lipinski definition) is 1. The van der Waals surface area contributed by atoms with E-state index in [1.54, 1.807) is 0 Å². The summed E-state index contributed by atoms with van der Waals surface area (Å²) in [6.45, 7) is 0. The number of ketones is 1. The molecular weight excluding hydrogens is 217 g/mol. The van der Waals surface area contributed by atoms with Gasteiger partial charge in [0.25, 0.3) is 0 Å². The van der Waals surface area contributed by atoms with Crippen LogP contribution in [0.25, 0.3) is 0 Å². The highest BCUT2D eigenvalue weighted by Crippen LogP contribution is 2.27. The number of rotatable bonds is 4. The van der Waals surface area contributed by atoms with Crippen LogP contribution in [0.5, 0.6) is 0 Å². The average molecular weight is 236 g/mol. The number of Topliss-reactive ketones (excluding diaryl/α,β-unsaturated/α-hetero) is 1. The quantitative estimate of drug-likeness (QED) is 0.666. The Morgan fingerprint density at radius 1 is 1.06 bits per heavy atom. The normalized spacial score (nSPS) is 19.4. The molecule has 4 heteroatoms. The van der Waals surface area contributed by atoms with Crippen LogP contribution in [0.4, 0.5) is 13.2 Å². The van der Waals surface area contributed by atoms with Crippen LogP contribution in [0.2, 0.25) is 0 Å². The molecule has 94 valence electrons. The van der Waals surface area contributed by atoms with Crippen molar-refractivity contribution in [2.45, 2.75) is 64.0 Å². The summed E-state index contributed by atoms with van der Waals surface area (Å²) in [5, 5.41) is 0. The van der Waals surface area contributed by atoms with E-state index < -0.39 is 12.6 Å². The fraction of sp³-hybridized carbons (Fsp3) is 0.917. The van der Waals surface area contributed by atoms with Crippen molar-refractivity contribution in [3.63, 3.8) is 0 Å². The van der Waals surface area contributed by atoms with Crippen LogP contribution in [0.15, 0.2) is 0 Å². The summed E-state index contributed by atoms with van der Waals surface area (Å²) in [5.74, 6) is 0.0851. The Bertz CT molecular complexity index is 215. The molecule has 0 aliphatic heterocycles. The highest BCUT2D eigenvalue weighted by atomic mass is 19.4. The van der Waals surface area contributed by atoms with Gasteiger partial charge in [-0.05, 0) is 19.3 Å². The molecule has 1 nitrogen and oxygen atoms in total. The zero-order chi connectivity index (χ0) is 12.0. The maximum atomic E-state index is 11.9. The minimum Gasteiger partial charge on any atom is -0.299 e. The van der Waals surface area contributed by atoms with Gasteiger partial charge in [0.1, 0.15) is 5.78 Å². The zero-order valence-electron chi connectivity index (χ0n) is 9.48. The Hall–Kier alpha value is -0.540. The SMILES string of the molecule is O=C(CCCC(F)(F)F)C1CCCCCC1. The lowest BCUT2D eigenvalue weighted by atomic mass is 9.92. The first kappa shape index (κ1) is 13.5. The van der Waals surface area contributed by atoms with Crippen LogP contribution in [-0.2, 0) is 4.79 Å². The van der Waals surface area contributed by atoms with Crippen LogP contribution < -0.4 is 0 Å². The first-order valence-electron chi connectivity index (χ1n) is 6.08. The van der Waals surface area contributed by atoms with Gasteiger partial charge >= 0.3 is 6.18 Å². The summed E-state index contributed by atoms with van der Waals surface area (Å²) in [7, 11) is 0. The number of carbonyl (C=O) groups is 1. The molecule has 1 rings (SSSR count). The van der Waals surface area contributed by atoms with Gasteiger partial charge in [-0.2, -0.15) is 13.2 Å². The van der Waals surface area contributed by atoms with E-state index in [1.807, 2.05) is 0 Å². The van der Waals surface area contributed by atoms with Crippen molar-refractivity contribution in [1.82, 2.24) is 0 Å². The van der Waals surface area contributed by atoms with E-state index in [9.17, 15) is 18.0 Å². The van der Waals surface area contributed by atoms with Crippen molar-refractivity contribution in [3.8, 4) is 0 Å². The fourth-order valence-corrected chi connectivity index (χ4v) is 2.27. The maximum Gasteiger partial charge on any atom is 0.389 e. The lowest BCUT2D eigenvalue weighted by Crippen LogP contribution is -2.15. The monoisotopic (exact) mass is 236 g/mol. The second kappa shape index (κ2) is 6.26. The highest BCUT2D eigenvalue weighted by molar-refractivity contribution is 5.80. The summed E-state index contributed by atoms with van der Waals surface area (Å²) < 4.78 is 35.7. The molecule has 0 radical (unpaired) electrons. The Balaban J connectivity index is 2.23. The number of alkyl halides is 3. The minimum atomic E-state index is -4.12. The van der Waals surface area contributed by atoms with Crippen molar-refractivity contribution >= 4 is 5.78 Å². The van der Waals surface area contributed by atoms with E-state index in [1.165, 1.54) is 0 Å². The van der Waals surface area contributed by atoms with Crippen LogP contribution >= 0.6 is 0 Å². The first-order valence-corrected chi connectivity index (χ1v) is 6.08. The highest BCUT2D eigenvalue weighted by Gasteiger charge is 2.27. The van der Waals surface area contributed by atoms with Crippen molar-refractivity contribution in [2.75, 3.05) is 0 Å². The molecule has 0 aromatic rings. The minimum absolute atomic E-state index is 0.0377. The van der Waals surface area contributed by atoms with Gasteiger partial charge in [-0.15, -0.1) is 0 Å². The molecule has 0 unspecified atom stereocenters. The Kier molecular flexibility index (Phi) is 5.29. The molecule has 16 heavy (non-hydrogen) atoms. The molecular formula is C12H19F3O. The standard InChI is InChI=1S/C12H19F3O/c13-12(14,15)9-5-8-11(16)10-6-3-1-2-4-7-10/h10H,1-9H2. The Labute approximate surface area is 94.4 Å². The molecule has 0 aromatic carbocycles. The molecule has 0 spiro atoms. The molecule has 1 fully saturated rings. The molecule has 0 aromatic heterocycles. The van der Waals surface area contributed by atoms with Gasteiger partial charge in [0, 0.05) is 18.8 Å². The first-order chi connectivity index (χ1) is 7.49. The third-order valence-electron chi connectivity index (χ3n) is 3.19. The van der Waals surface area contributed by atoms with Crippen molar-refractivity contribution in [2.24, 2.45) is 5.92 Å². The number of halogens is 3. The average Bonchev–Trinajstić information content (AvgIpc) is 2.43. The van der Waals surface area contributed by atoms with E-state index in [-0.39, 0.29) is 24.5 Å². The lowest BCUT2D eigenvalue weighted by molar-refractivity contribution is -0.137. The predicted molar refractivity (Wildman–Crippen MR) is 56.1 cm³/mol. The van der Waals surface area contributed by atoms with Gasteiger partial charge in [-0.1, -0.05) is 25.7 Å². The molecule has 1 saturated carbocycles. The van der Waals surface area contributed by atoms with E-state index in [0.29, 0.717) is 0 Å². The second-order valence-corrected chi connectivity index (χ2v) is 4.62. The molecule has 0 atom stereocenters. The van der Waals surface area contributed by atoms with Gasteiger partial charge in [-0.25, -0.2) is 0 Å². The molecule has 0 saturated heterocycles. The van der Waals surface area contributed by atoms with Gasteiger partial charge in [0.2, 0.25) is 0 Å². The summed E-state index contributed by atoms with van der Waals surface area (Å²) in [6.07, 6.45) is 1.29. The van der Waals surface area contributed by atoms with Crippen molar-refractivity contribution < 1.29 is 18.0 Å². The van der Waals surface area contributed by atoms with E-state index >= 15 is 0 Å². The Morgan fingerprint density at radius 3 is 2.12 bits per heavy atom. The summed E-state index contributed by atoms with van der Waals surface area (Å²) in [5.41, 5.74) is 0. The predicted octanol–water partition coefficient (Wildman–Crippen LogP) is 4.26. The van der Waals surface area contributed by atoms with Crippen molar-refractivity contribution in [3.05, 3.63) is 0 Å². The van der Waals surface area contributed by atoms with Gasteiger partial charge in [0.05, 0.1) is 0 Å². The summed E-state index contributed by atoms with van der Waals surface area (Å²) in [4.78, 5) is 11.7. The third kappa shape index (κ3) is 5.52. The summed E-state index contributed by atoms with van der Waals surface area (Å²) in [6, 6.07) is 0. The van der Waals surface area contributed by atoms with Gasteiger partial charge in [-0.3, -0.25) is 4.79 Å². The van der Waals surface area contributed by atoms with Crippen LogP contribution in [0, 0.1) is 5.92 Å². The lowest BCUT2D eigenvalue weighted by Gasteiger charge is -2.12.